The van der Waals surface area contributed by atoms with Crippen molar-refractivity contribution in [1.82, 2.24) is 5.32 Å². The number of aryl methyl sites for hydroxylation is 1. The molecule has 1 aromatic heterocycles. The van der Waals surface area contributed by atoms with E-state index < -0.39 is 25.8 Å². The summed E-state index contributed by atoms with van der Waals surface area (Å²) in [6, 6.07) is -0.152. The summed E-state index contributed by atoms with van der Waals surface area (Å²) in [6.45, 7) is 0. The van der Waals surface area contributed by atoms with Crippen molar-refractivity contribution in [3.63, 3.8) is 0 Å². The molecule has 29 heavy (non-hydrogen) atoms. The number of aliphatic hydroxyl groups is 1. The maximum atomic E-state index is 12.8. The van der Waals surface area contributed by atoms with Crippen LogP contribution in [0.4, 0.5) is 5.00 Å². The molecule has 4 rings (SSSR count). The van der Waals surface area contributed by atoms with Crippen LogP contribution in [0.5, 0.6) is 0 Å². The Morgan fingerprint density at radius 1 is 1.31 bits per heavy atom. The highest BCUT2D eigenvalue weighted by molar-refractivity contribution is 7.91. The van der Waals surface area contributed by atoms with Crippen molar-refractivity contribution in [3.05, 3.63) is 22.3 Å². The van der Waals surface area contributed by atoms with E-state index in [4.69, 9.17) is 0 Å². The number of anilines is 1. The second-order valence-electron chi connectivity index (χ2n) is 7.57. The highest BCUT2D eigenvalue weighted by atomic mass is 32.2. The fourth-order valence-electron chi connectivity index (χ4n) is 4.03. The summed E-state index contributed by atoms with van der Waals surface area (Å²) in [5.41, 5.74) is 0.220. The molecule has 2 unspecified atom stereocenters. The molecule has 3 N–H and O–H groups in total. The van der Waals surface area contributed by atoms with Gasteiger partial charge in [0.1, 0.15) is 31.1 Å². The first-order chi connectivity index (χ1) is 13.6. The van der Waals surface area contributed by atoms with Crippen LogP contribution in [0.15, 0.2) is 26.0 Å². The van der Waals surface area contributed by atoms with Crippen LogP contribution >= 0.6 is 11.3 Å². The fourth-order valence-corrected chi connectivity index (χ4v) is 7.29. The zero-order valence-electron chi connectivity index (χ0n) is 15.6. The average Bonchev–Trinajstić information content (AvgIpc) is 3.03. The number of aliphatic hydroxyl groups excluding tert-OH is 1. The van der Waals surface area contributed by atoms with Gasteiger partial charge in [0.05, 0.1) is 5.75 Å². The number of amidine groups is 1. The van der Waals surface area contributed by atoms with Crippen LogP contribution in [0.1, 0.15) is 31.2 Å². The van der Waals surface area contributed by atoms with Gasteiger partial charge in [0, 0.05) is 18.2 Å². The number of hydrogen-bond acceptors (Lipinski definition) is 8. The lowest BCUT2D eigenvalue weighted by Gasteiger charge is -2.36. The number of rotatable bonds is 4. The van der Waals surface area contributed by atoms with Crippen LogP contribution in [0.25, 0.3) is 0 Å². The maximum Gasteiger partial charge on any atom is 0.287 e. The van der Waals surface area contributed by atoms with E-state index in [-0.39, 0.29) is 51.2 Å². The van der Waals surface area contributed by atoms with Crippen LogP contribution < -0.4 is 10.6 Å². The predicted octanol–water partition coefficient (Wildman–Crippen LogP) is 1.35. The number of carbonyl (C=O) groups excluding carboxylic acids is 1. The number of thiophene rings is 1. The lowest BCUT2D eigenvalue weighted by molar-refractivity contribution is -0.119. The molecule has 1 amide bonds. The molecule has 0 bridgehead atoms. The van der Waals surface area contributed by atoms with Gasteiger partial charge in [0.15, 0.2) is 5.84 Å². The van der Waals surface area contributed by atoms with Gasteiger partial charge < -0.3 is 15.7 Å². The Bertz CT molecular complexity index is 1150. The molecule has 1 aromatic rings. The Labute approximate surface area is 172 Å². The summed E-state index contributed by atoms with van der Waals surface area (Å²) in [5.74, 6) is -1.31. The summed E-state index contributed by atoms with van der Waals surface area (Å²) < 4.78 is 52.3. The highest BCUT2D eigenvalue weighted by Gasteiger charge is 2.41. The normalized spacial score (nSPS) is 26.1. The largest absolute Gasteiger partial charge is 0.511 e. The number of nitrogens with one attached hydrogen (secondary N) is 2. The van der Waals surface area contributed by atoms with Crippen molar-refractivity contribution in [1.29, 1.82) is 0 Å². The first-order valence-electron chi connectivity index (χ1n) is 9.21. The van der Waals surface area contributed by atoms with E-state index in [9.17, 15) is 26.7 Å². The molecular weight excluding hydrogens is 438 g/mol. The molecule has 0 radical (unpaired) electrons. The Morgan fingerprint density at radius 3 is 2.76 bits per heavy atom. The first-order valence-corrected chi connectivity index (χ1v) is 13.6. The molecular formula is C17H21N3O6S3. The summed E-state index contributed by atoms with van der Waals surface area (Å²) in [7, 11) is -7.41. The van der Waals surface area contributed by atoms with Crippen molar-refractivity contribution in [3.8, 4) is 0 Å². The minimum atomic E-state index is -4.16. The van der Waals surface area contributed by atoms with Crippen LogP contribution in [0.3, 0.4) is 0 Å². The quantitative estimate of drug-likeness (QED) is 0.617. The molecule has 0 saturated heterocycles. The molecule has 1 saturated carbocycles. The number of hydrogen-bond donors (Lipinski definition) is 3. The van der Waals surface area contributed by atoms with Gasteiger partial charge in [-0.3, -0.25) is 4.79 Å². The molecule has 158 valence electrons. The third-order valence-corrected chi connectivity index (χ3v) is 8.84. The molecule has 0 spiro atoms. The van der Waals surface area contributed by atoms with E-state index in [0.29, 0.717) is 12.0 Å². The standard InChI is InChI=1S/C17H21N3O6S3/c1-28(23,24)7-6-9-8-27-17-14(9)29(25,26)20-15(19-17)12-13(21)10-4-2-3-5-11(10)18-16(12)22/h8,10-11,21H,2-7H2,1H3,(H,18,22)(H,19,20). The summed E-state index contributed by atoms with van der Waals surface area (Å²) >= 11 is 1.10. The third-order valence-electron chi connectivity index (χ3n) is 5.41. The third kappa shape index (κ3) is 3.80. The van der Waals surface area contributed by atoms with Gasteiger partial charge in [-0.25, -0.2) is 8.42 Å². The Hall–Kier alpha value is -1.92. The predicted molar refractivity (Wildman–Crippen MR) is 110 cm³/mol. The Balaban J connectivity index is 1.71. The van der Waals surface area contributed by atoms with Gasteiger partial charge in [0.25, 0.3) is 15.9 Å². The minimum Gasteiger partial charge on any atom is -0.511 e. The Kier molecular flexibility index (Phi) is 4.98. The summed E-state index contributed by atoms with van der Waals surface area (Å²) in [5, 5.41) is 18.3. The molecule has 3 heterocycles. The van der Waals surface area contributed by atoms with Crippen molar-refractivity contribution in [2.75, 3.05) is 17.3 Å². The van der Waals surface area contributed by atoms with Crippen LogP contribution in [0, 0.1) is 5.92 Å². The zero-order chi connectivity index (χ0) is 21.0. The van der Waals surface area contributed by atoms with Gasteiger partial charge in [-0.1, -0.05) is 12.8 Å². The molecule has 9 nitrogen and oxygen atoms in total. The lowest BCUT2D eigenvalue weighted by Crippen LogP contribution is -2.50. The average molecular weight is 460 g/mol. The van der Waals surface area contributed by atoms with E-state index in [0.717, 1.165) is 36.9 Å². The lowest BCUT2D eigenvalue weighted by atomic mass is 9.79. The van der Waals surface area contributed by atoms with Gasteiger partial charge in [-0.2, -0.15) is 8.42 Å². The number of carbonyl (C=O) groups is 1. The summed E-state index contributed by atoms with van der Waals surface area (Å²) in [6.07, 6.45) is 4.50. The smallest absolute Gasteiger partial charge is 0.287 e. The van der Waals surface area contributed by atoms with E-state index >= 15 is 0 Å². The molecule has 0 aromatic carbocycles. The number of amides is 1. The van der Waals surface area contributed by atoms with Crippen LogP contribution in [-0.4, -0.2) is 51.7 Å². The first kappa shape index (κ1) is 20.4. The minimum absolute atomic E-state index is 0.0502. The molecule has 1 aliphatic carbocycles. The fraction of sp³-hybridized carbons (Fsp3) is 0.529. The Morgan fingerprint density at radius 2 is 2.03 bits per heavy atom. The maximum absolute atomic E-state index is 12.8. The number of sulfonamides is 1. The SMILES string of the molecule is CS(=O)(=O)CCc1csc2c1S(=O)(=O)N=C(C1=C(O)C3CCCCC3NC1=O)N2. The van der Waals surface area contributed by atoms with Crippen molar-refractivity contribution in [2.24, 2.45) is 10.3 Å². The van der Waals surface area contributed by atoms with E-state index in [2.05, 4.69) is 15.0 Å². The topological polar surface area (TPSA) is 142 Å². The van der Waals surface area contributed by atoms with E-state index in [1.54, 1.807) is 5.38 Å². The van der Waals surface area contributed by atoms with Gasteiger partial charge in [-0.05, 0) is 30.2 Å². The van der Waals surface area contributed by atoms with Crippen molar-refractivity contribution >= 4 is 47.9 Å². The second kappa shape index (κ2) is 7.10. The molecule has 2 atom stereocenters. The highest BCUT2D eigenvalue weighted by Crippen LogP contribution is 2.39. The number of fused-ring (bicyclic) bond motifs is 2. The van der Waals surface area contributed by atoms with Gasteiger partial charge in [0.2, 0.25) is 0 Å². The molecule has 1 fully saturated rings. The van der Waals surface area contributed by atoms with Crippen molar-refractivity contribution < 1.29 is 26.7 Å². The molecule has 12 heteroatoms. The van der Waals surface area contributed by atoms with Crippen molar-refractivity contribution in [2.45, 2.75) is 43.0 Å². The van der Waals surface area contributed by atoms with Crippen LogP contribution in [-0.2, 0) is 31.1 Å². The zero-order valence-corrected chi connectivity index (χ0v) is 18.1. The van der Waals surface area contributed by atoms with Crippen LogP contribution in [0.2, 0.25) is 0 Å². The number of nitrogens with zero attached hydrogens (tertiary/aromatic N) is 1. The van der Waals surface area contributed by atoms with E-state index in [1.807, 2.05) is 0 Å². The second-order valence-corrected chi connectivity index (χ2v) is 12.3. The molecule has 3 aliphatic rings. The van der Waals surface area contributed by atoms with Gasteiger partial charge >= 0.3 is 0 Å². The number of sulfone groups is 1. The van der Waals surface area contributed by atoms with E-state index in [1.165, 1.54) is 0 Å². The monoisotopic (exact) mass is 459 g/mol. The van der Waals surface area contributed by atoms with Gasteiger partial charge in [-0.15, -0.1) is 15.7 Å². The molecule has 2 aliphatic heterocycles. The summed E-state index contributed by atoms with van der Waals surface area (Å²) in [4.78, 5) is 12.5.